The smallest absolute Gasteiger partial charge is 0.119 e. The molecule has 0 aliphatic heterocycles. The van der Waals surface area contributed by atoms with E-state index >= 15 is 0 Å². The van der Waals surface area contributed by atoms with Crippen molar-refractivity contribution in [2.45, 2.75) is 4.90 Å². The molecule has 0 amide bonds. The first-order valence-electron chi connectivity index (χ1n) is 5.61. The molecule has 18 heavy (non-hydrogen) atoms. The topological polar surface area (TPSA) is 35.2 Å². The van der Waals surface area contributed by atoms with E-state index in [0.29, 0.717) is 11.6 Å². The van der Waals surface area contributed by atoms with Gasteiger partial charge in [-0.3, -0.25) is 0 Å². The molecular weight excluding hydrogens is 266 g/mol. The Morgan fingerprint density at radius 2 is 1.89 bits per heavy atom. The maximum absolute atomic E-state index is 5.93. The molecule has 0 heterocycles. The molecular formula is C14H14ClNOS. The first-order valence-corrected chi connectivity index (χ1v) is 6.98. The monoisotopic (exact) mass is 279 g/mol. The minimum Gasteiger partial charge on any atom is -0.493 e. The van der Waals surface area contributed by atoms with Crippen molar-refractivity contribution in [1.82, 2.24) is 0 Å². The Kier molecular flexibility index (Phi) is 4.79. The molecule has 0 bridgehead atoms. The van der Waals surface area contributed by atoms with Crippen molar-refractivity contribution in [3.8, 4) is 5.75 Å². The van der Waals surface area contributed by atoms with Crippen molar-refractivity contribution < 1.29 is 4.74 Å². The van der Waals surface area contributed by atoms with Crippen LogP contribution in [0.4, 0.5) is 5.69 Å². The SMILES string of the molecule is Nc1ccc(Cl)cc1SCCOc1ccccc1. The molecule has 0 unspecified atom stereocenters. The highest BCUT2D eigenvalue weighted by Crippen LogP contribution is 2.27. The summed E-state index contributed by atoms with van der Waals surface area (Å²) in [5.41, 5.74) is 6.62. The first-order chi connectivity index (χ1) is 8.75. The largest absolute Gasteiger partial charge is 0.493 e. The molecule has 0 fully saturated rings. The highest BCUT2D eigenvalue weighted by molar-refractivity contribution is 7.99. The number of nitrogen functional groups attached to an aromatic ring is 1. The Morgan fingerprint density at radius 1 is 1.11 bits per heavy atom. The molecule has 0 spiro atoms. The Bertz CT molecular complexity index is 504. The number of para-hydroxylation sites is 1. The standard InChI is InChI=1S/C14H14ClNOS/c15-11-6-7-13(16)14(10-11)18-9-8-17-12-4-2-1-3-5-12/h1-7,10H,8-9,16H2. The Hall–Kier alpha value is -1.32. The fraction of sp³-hybridized carbons (Fsp3) is 0.143. The fourth-order valence-corrected chi connectivity index (χ4v) is 2.53. The van der Waals surface area contributed by atoms with E-state index in [1.807, 2.05) is 42.5 Å². The van der Waals surface area contributed by atoms with Gasteiger partial charge in [0.25, 0.3) is 0 Å². The summed E-state index contributed by atoms with van der Waals surface area (Å²) >= 11 is 7.57. The van der Waals surface area contributed by atoms with Crippen molar-refractivity contribution in [3.05, 3.63) is 53.6 Å². The van der Waals surface area contributed by atoms with Crippen LogP contribution >= 0.6 is 23.4 Å². The zero-order chi connectivity index (χ0) is 12.8. The molecule has 0 saturated carbocycles. The average molecular weight is 280 g/mol. The third-order valence-corrected chi connectivity index (χ3v) is 3.60. The van der Waals surface area contributed by atoms with Gasteiger partial charge in [0.2, 0.25) is 0 Å². The molecule has 0 aliphatic rings. The van der Waals surface area contributed by atoms with Crippen molar-refractivity contribution >= 4 is 29.1 Å². The van der Waals surface area contributed by atoms with Gasteiger partial charge in [-0.1, -0.05) is 29.8 Å². The Labute approximate surface area is 116 Å². The number of nitrogens with two attached hydrogens (primary N) is 1. The first kappa shape index (κ1) is 13.1. The summed E-state index contributed by atoms with van der Waals surface area (Å²) in [6.07, 6.45) is 0. The number of rotatable bonds is 5. The fourth-order valence-electron chi connectivity index (χ4n) is 1.46. The maximum atomic E-state index is 5.93. The summed E-state index contributed by atoms with van der Waals surface area (Å²) in [5, 5.41) is 0.704. The lowest BCUT2D eigenvalue weighted by Crippen LogP contribution is -2.00. The van der Waals surface area contributed by atoms with Crippen molar-refractivity contribution in [1.29, 1.82) is 0 Å². The number of thioether (sulfide) groups is 1. The number of hydrogen-bond acceptors (Lipinski definition) is 3. The summed E-state index contributed by atoms with van der Waals surface area (Å²) in [7, 11) is 0. The lowest BCUT2D eigenvalue weighted by Gasteiger charge is -2.07. The third-order valence-electron chi connectivity index (χ3n) is 2.33. The molecule has 2 N–H and O–H groups in total. The predicted molar refractivity (Wildman–Crippen MR) is 78.5 cm³/mol. The second kappa shape index (κ2) is 6.57. The van der Waals surface area contributed by atoms with Crippen molar-refractivity contribution in [2.24, 2.45) is 0 Å². The van der Waals surface area contributed by atoms with Gasteiger partial charge >= 0.3 is 0 Å². The lowest BCUT2D eigenvalue weighted by atomic mass is 10.3. The quantitative estimate of drug-likeness (QED) is 0.509. The van der Waals surface area contributed by atoms with Crippen LogP contribution in [-0.4, -0.2) is 12.4 Å². The molecule has 94 valence electrons. The van der Waals surface area contributed by atoms with Crippen LogP contribution in [0.1, 0.15) is 0 Å². The van der Waals surface area contributed by atoms with E-state index < -0.39 is 0 Å². The Morgan fingerprint density at radius 3 is 2.67 bits per heavy atom. The van der Waals surface area contributed by atoms with Crippen LogP contribution in [0.25, 0.3) is 0 Å². The molecule has 2 aromatic rings. The molecule has 4 heteroatoms. The second-order valence-electron chi connectivity index (χ2n) is 3.69. The van der Waals surface area contributed by atoms with Crippen molar-refractivity contribution in [3.63, 3.8) is 0 Å². The molecule has 0 atom stereocenters. The van der Waals surface area contributed by atoms with E-state index in [-0.39, 0.29) is 0 Å². The van der Waals surface area contributed by atoms with E-state index in [2.05, 4.69) is 0 Å². The average Bonchev–Trinajstić information content (AvgIpc) is 2.40. The Balaban J connectivity index is 1.80. The van der Waals surface area contributed by atoms with Crippen LogP contribution in [-0.2, 0) is 0 Å². The molecule has 2 nitrogen and oxygen atoms in total. The summed E-state index contributed by atoms with van der Waals surface area (Å²) < 4.78 is 5.60. The van der Waals surface area contributed by atoms with Crippen molar-refractivity contribution in [2.75, 3.05) is 18.1 Å². The minimum atomic E-state index is 0.640. The second-order valence-corrected chi connectivity index (χ2v) is 5.27. The summed E-state index contributed by atoms with van der Waals surface area (Å²) in [4.78, 5) is 0.999. The van der Waals surface area contributed by atoms with Gasteiger partial charge in [-0.15, -0.1) is 11.8 Å². The summed E-state index contributed by atoms with van der Waals surface area (Å²) in [6, 6.07) is 15.3. The zero-order valence-electron chi connectivity index (χ0n) is 9.80. The van der Waals surface area contributed by atoms with Crippen LogP contribution in [0.3, 0.4) is 0 Å². The number of hydrogen-bond donors (Lipinski definition) is 1. The van der Waals surface area contributed by atoms with Gasteiger partial charge in [-0.05, 0) is 30.3 Å². The lowest BCUT2D eigenvalue weighted by molar-refractivity contribution is 0.344. The van der Waals surface area contributed by atoms with E-state index in [0.717, 1.165) is 22.1 Å². The summed E-state index contributed by atoms with van der Waals surface area (Å²) in [5.74, 6) is 1.72. The van der Waals surface area contributed by atoms with Crippen LogP contribution in [0.15, 0.2) is 53.4 Å². The van der Waals surface area contributed by atoms with Crippen LogP contribution < -0.4 is 10.5 Å². The van der Waals surface area contributed by atoms with E-state index in [1.54, 1.807) is 17.8 Å². The minimum absolute atomic E-state index is 0.640. The molecule has 0 saturated heterocycles. The number of benzene rings is 2. The molecule has 2 aromatic carbocycles. The van der Waals surface area contributed by atoms with Crippen LogP contribution in [0.5, 0.6) is 5.75 Å². The third kappa shape index (κ3) is 3.86. The van der Waals surface area contributed by atoms with E-state index in [4.69, 9.17) is 22.1 Å². The highest BCUT2D eigenvalue weighted by atomic mass is 35.5. The van der Waals surface area contributed by atoms with Gasteiger partial charge in [-0.2, -0.15) is 0 Å². The predicted octanol–water partition coefficient (Wildman–Crippen LogP) is 4.09. The highest BCUT2D eigenvalue weighted by Gasteiger charge is 2.01. The van der Waals surface area contributed by atoms with E-state index in [1.165, 1.54) is 0 Å². The number of anilines is 1. The van der Waals surface area contributed by atoms with Gasteiger partial charge in [0.1, 0.15) is 5.75 Å². The van der Waals surface area contributed by atoms with E-state index in [9.17, 15) is 0 Å². The zero-order valence-corrected chi connectivity index (χ0v) is 11.4. The van der Waals surface area contributed by atoms with Gasteiger partial charge in [-0.25, -0.2) is 0 Å². The molecule has 0 radical (unpaired) electrons. The van der Waals surface area contributed by atoms with Crippen LogP contribution in [0.2, 0.25) is 5.02 Å². The van der Waals surface area contributed by atoms with Gasteiger partial charge in [0.15, 0.2) is 0 Å². The molecule has 0 aliphatic carbocycles. The number of ether oxygens (including phenoxy) is 1. The van der Waals surface area contributed by atoms with Gasteiger partial charge in [0, 0.05) is 21.4 Å². The molecule has 0 aromatic heterocycles. The van der Waals surface area contributed by atoms with Gasteiger partial charge in [0.05, 0.1) is 6.61 Å². The number of halogens is 1. The maximum Gasteiger partial charge on any atom is 0.119 e. The van der Waals surface area contributed by atoms with Gasteiger partial charge < -0.3 is 10.5 Å². The normalized spacial score (nSPS) is 10.3. The summed E-state index contributed by atoms with van der Waals surface area (Å²) in [6.45, 7) is 0.640. The van der Waals surface area contributed by atoms with Crippen LogP contribution in [0, 0.1) is 0 Å². The molecule has 2 rings (SSSR count).